The first kappa shape index (κ1) is 24.4. The van der Waals surface area contributed by atoms with Crippen molar-refractivity contribution in [3.05, 3.63) is 94.7 Å². The number of thioether (sulfide) groups is 1. The van der Waals surface area contributed by atoms with Crippen molar-refractivity contribution in [2.45, 2.75) is 35.6 Å². The number of hydrogen-bond acceptors (Lipinski definition) is 9. The molecule has 6 rings (SSSR count). The van der Waals surface area contributed by atoms with E-state index in [4.69, 9.17) is 9.15 Å². The molecule has 1 fully saturated rings. The maximum atomic E-state index is 13.3. The van der Waals surface area contributed by atoms with E-state index in [-0.39, 0.29) is 28.4 Å². The number of halogens is 1. The van der Waals surface area contributed by atoms with Crippen molar-refractivity contribution in [2.24, 2.45) is 0 Å². The number of nitrogens with zero attached hydrogens (tertiary/aromatic N) is 3. The summed E-state index contributed by atoms with van der Waals surface area (Å²) in [5.74, 6) is -0.730. The first-order chi connectivity index (χ1) is 18.4. The lowest BCUT2D eigenvalue weighted by atomic mass is 9.97. The Kier molecular flexibility index (Phi) is 6.24. The van der Waals surface area contributed by atoms with Gasteiger partial charge < -0.3 is 14.3 Å². The number of carbonyl (C=O) groups excluding carboxylic acids is 2. The van der Waals surface area contributed by atoms with Gasteiger partial charge in [-0.05, 0) is 60.5 Å². The van der Waals surface area contributed by atoms with E-state index in [2.05, 4.69) is 10.2 Å². The molecule has 1 N–H and O–H groups in total. The number of carbonyl (C=O) groups is 2. The largest absolute Gasteiger partial charge is 0.507 e. The summed E-state index contributed by atoms with van der Waals surface area (Å²) in [5.41, 5.74) is 2.13. The summed E-state index contributed by atoms with van der Waals surface area (Å²) in [7, 11) is 0. The summed E-state index contributed by atoms with van der Waals surface area (Å²) in [5, 5.41) is 19.8. The highest BCUT2D eigenvalue weighted by Crippen LogP contribution is 2.44. The number of aromatic nitrogens is 2. The molecule has 11 heteroatoms. The number of anilines is 1. The number of aliphatic hydroxyl groups is 1. The maximum Gasteiger partial charge on any atom is 0.302 e. The lowest BCUT2D eigenvalue weighted by Gasteiger charge is -2.20. The minimum absolute atomic E-state index is 0.0172. The molecular weight excluding hydrogens is 529 g/mol. The zero-order chi connectivity index (χ0) is 26.4. The first-order valence-corrected chi connectivity index (χ1v) is 13.5. The first-order valence-electron chi connectivity index (χ1n) is 11.7. The number of ether oxygens (including phenoxy) is 1. The van der Waals surface area contributed by atoms with Gasteiger partial charge in [0.25, 0.3) is 5.78 Å². The number of ketones is 1. The molecule has 38 heavy (non-hydrogen) atoms. The van der Waals surface area contributed by atoms with Gasteiger partial charge in [0.1, 0.15) is 35.2 Å². The summed E-state index contributed by atoms with van der Waals surface area (Å²) in [6, 6.07) is 13.6. The third-order valence-corrected chi connectivity index (χ3v) is 8.43. The summed E-state index contributed by atoms with van der Waals surface area (Å²) in [6.07, 6.45) is 2.13. The molecule has 8 nitrogen and oxygen atoms in total. The topological polar surface area (TPSA) is 106 Å². The Bertz CT molecular complexity index is 1570. The number of hydrogen-bond donors (Lipinski definition) is 1. The monoisotopic (exact) mass is 549 g/mol. The fourth-order valence-corrected chi connectivity index (χ4v) is 6.38. The maximum absolute atomic E-state index is 13.3. The van der Waals surface area contributed by atoms with Crippen molar-refractivity contribution < 1.29 is 28.2 Å². The molecule has 0 saturated carbocycles. The van der Waals surface area contributed by atoms with Gasteiger partial charge in [0.05, 0.1) is 11.8 Å². The van der Waals surface area contributed by atoms with Crippen molar-refractivity contribution in [2.75, 3.05) is 4.90 Å². The molecule has 0 aliphatic carbocycles. The van der Waals surface area contributed by atoms with Gasteiger partial charge in [-0.2, -0.15) is 0 Å². The molecule has 2 aromatic carbocycles. The molecule has 1 amide bonds. The molecule has 1 saturated heterocycles. The molecule has 2 atom stereocenters. The van der Waals surface area contributed by atoms with Crippen LogP contribution in [0.3, 0.4) is 0 Å². The number of fused-ring (bicyclic) bond motifs is 1. The van der Waals surface area contributed by atoms with Crippen LogP contribution in [0.5, 0.6) is 5.75 Å². The van der Waals surface area contributed by atoms with E-state index in [0.29, 0.717) is 27.8 Å². The lowest BCUT2D eigenvalue weighted by Crippen LogP contribution is -2.29. The minimum atomic E-state index is -1.02. The zero-order valence-electron chi connectivity index (χ0n) is 20.0. The average Bonchev–Trinajstić information content (AvgIpc) is 3.70. The Morgan fingerprint density at radius 3 is 2.76 bits per heavy atom. The Morgan fingerprint density at radius 2 is 2.00 bits per heavy atom. The molecule has 2 aromatic heterocycles. The van der Waals surface area contributed by atoms with Crippen LogP contribution in [0.4, 0.5) is 9.52 Å². The summed E-state index contributed by atoms with van der Waals surface area (Å²) >= 11 is 2.52. The number of aliphatic hydroxyl groups excluding tert-OH is 1. The van der Waals surface area contributed by atoms with Crippen LogP contribution in [0.25, 0.3) is 5.76 Å². The van der Waals surface area contributed by atoms with Crippen LogP contribution in [-0.4, -0.2) is 33.1 Å². The highest BCUT2D eigenvalue weighted by Gasteiger charge is 2.49. The third kappa shape index (κ3) is 4.37. The van der Waals surface area contributed by atoms with Gasteiger partial charge in [-0.25, -0.2) is 4.39 Å². The highest BCUT2D eigenvalue weighted by molar-refractivity contribution is 8.00. The number of rotatable bonds is 6. The molecule has 0 radical (unpaired) electrons. The van der Waals surface area contributed by atoms with Gasteiger partial charge in [-0.3, -0.25) is 14.5 Å². The van der Waals surface area contributed by atoms with Crippen molar-refractivity contribution in [1.29, 1.82) is 0 Å². The lowest BCUT2D eigenvalue weighted by molar-refractivity contribution is -0.132. The fraction of sp³-hybridized carbons (Fsp3) is 0.185. The average molecular weight is 550 g/mol. The highest BCUT2D eigenvalue weighted by atomic mass is 32.2. The SMILES string of the molecule is CC1Cc2cc(/C(O)=C3\C(=O)C(=O)N(c4nnc(SCc5ccc(F)cc5)s4)C3c3ccco3)ccc2O1. The number of benzene rings is 2. The molecular formula is C27H20FN3O5S2. The van der Waals surface area contributed by atoms with Crippen LogP contribution >= 0.6 is 23.1 Å². The van der Waals surface area contributed by atoms with Crippen LogP contribution < -0.4 is 9.64 Å². The van der Waals surface area contributed by atoms with Crippen LogP contribution in [-0.2, 0) is 21.8 Å². The Balaban J connectivity index is 1.35. The summed E-state index contributed by atoms with van der Waals surface area (Å²) < 4.78 is 25.1. The number of furan rings is 1. The van der Waals surface area contributed by atoms with E-state index in [1.807, 2.05) is 6.92 Å². The second-order valence-corrected chi connectivity index (χ2v) is 11.1. The van der Waals surface area contributed by atoms with E-state index in [1.54, 1.807) is 42.5 Å². The third-order valence-electron chi connectivity index (χ3n) is 6.30. The molecule has 0 bridgehead atoms. The van der Waals surface area contributed by atoms with Gasteiger partial charge in [0.15, 0.2) is 4.34 Å². The van der Waals surface area contributed by atoms with Crippen molar-refractivity contribution in [1.82, 2.24) is 10.2 Å². The molecule has 2 unspecified atom stereocenters. The fourth-order valence-electron chi connectivity index (χ4n) is 4.55. The van der Waals surface area contributed by atoms with E-state index in [9.17, 15) is 19.1 Å². The van der Waals surface area contributed by atoms with Crippen LogP contribution in [0.15, 0.2) is 75.2 Å². The Hall–Kier alpha value is -3.96. The second kappa shape index (κ2) is 9.73. The Morgan fingerprint density at radius 1 is 1.18 bits per heavy atom. The van der Waals surface area contributed by atoms with Crippen molar-refractivity contribution in [3.8, 4) is 5.75 Å². The van der Waals surface area contributed by atoms with E-state index in [0.717, 1.165) is 28.2 Å². The predicted molar refractivity (Wildman–Crippen MR) is 140 cm³/mol. The zero-order valence-corrected chi connectivity index (χ0v) is 21.6. The van der Waals surface area contributed by atoms with Gasteiger partial charge in [-0.15, -0.1) is 10.2 Å². The summed E-state index contributed by atoms with van der Waals surface area (Å²) in [4.78, 5) is 27.8. The van der Waals surface area contributed by atoms with E-state index >= 15 is 0 Å². The number of Topliss-reactive ketones (excluding diaryl/α,β-unsaturated/α-hetero) is 1. The standard InChI is InChI=1S/C27H20FN3O5S2/c1-14-11-17-12-16(6-9-19(17)36-14)23(32)21-22(20-3-2-10-35-20)31(25(34)24(21)33)26-29-30-27(38-26)37-13-15-4-7-18(28)8-5-15/h2-10,12,14,22,32H,11,13H2,1H3/b23-21+. The van der Waals surface area contributed by atoms with E-state index in [1.165, 1.54) is 35.1 Å². The van der Waals surface area contributed by atoms with Crippen LogP contribution in [0, 0.1) is 5.82 Å². The quantitative estimate of drug-likeness (QED) is 0.110. The van der Waals surface area contributed by atoms with Gasteiger partial charge >= 0.3 is 5.91 Å². The normalized spacial score (nSPS) is 20.1. The van der Waals surface area contributed by atoms with Crippen molar-refractivity contribution >= 4 is 45.7 Å². The van der Waals surface area contributed by atoms with Crippen molar-refractivity contribution in [3.63, 3.8) is 0 Å². The van der Waals surface area contributed by atoms with Crippen LogP contribution in [0.2, 0.25) is 0 Å². The summed E-state index contributed by atoms with van der Waals surface area (Å²) in [6.45, 7) is 1.95. The molecule has 2 aliphatic heterocycles. The van der Waals surface area contributed by atoms with Gasteiger partial charge in [0.2, 0.25) is 5.13 Å². The second-order valence-electron chi connectivity index (χ2n) is 8.91. The van der Waals surface area contributed by atoms with E-state index < -0.39 is 17.7 Å². The molecule has 4 aromatic rings. The molecule has 192 valence electrons. The van der Waals surface area contributed by atoms with Gasteiger partial charge in [0, 0.05) is 17.7 Å². The Labute approximate surface area is 224 Å². The van der Waals surface area contributed by atoms with Crippen LogP contribution in [0.1, 0.15) is 35.4 Å². The molecule has 2 aliphatic rings. The number of amides is 1. The molecule has 4 heterocycles. The smallest absolute Gasteiger partial charge is 0.302 e. The van der Waals surface area contributed by atoms with Gasteiger partial charge in [-0.1, -0.05) is 35.2 Å². The predicted octanol–water partition coefficient (Wildman–Crippen LogP) is 5.51. The minimum Gasteiger partial charge on any atom is -0.507 e. The molecule has 0 spiro atoms.